The van der Waals surface area contributed by atoms with Gasteiger partial charge >= 0.3 is 5.97 Å². The smallest absolute Gasteiger partial charge is 0.356 e. The quantitative estimate of drug-likeness (QED) is 0.264. The number of allylic oxidation sites excluding steroid dienone is 1. The van der Waals surface area contributed by atoms with E-state index in [1.54, 1.807) is 6.08 Å². The van der Waals surface area contributed by atoms with E-state index in [1.165, 1.54) is 24.3 Å². The predicted octanol–water partition coefficient (Wildman–Crippen LogP) is 0.991. The number of hydrogen-bond donors (Lipinski definition) is 1. The molecule has 2 unspecified atom stereocenters. The number of amides is 1. The van der Waals surface area contributed by atoms with Crippen molar-refractivity contribution in [2.24, 2.45) is 5.92 Å². The first-order chi connectivity index (χ1) is 10.9. The van der Waals surface area contributed by atoms with Crippen LogP contribution in [0.4, 0.5) is 5.69 Å². The number of nitrogens with zero attached hydrogens (tertiary/aromatic N) is 2. The van der Waals surface area contributed by atoms with E-state index < -0.39 is 17.1 Å². The van der Waals surface area contributed by atoms with Crippen molar-refractivity contribution in [3.63, 3.8) is 0 Å². The van der Waals surface area contributed by atoms with Gasteiger partial charge in [0.2, 0.25) is 12.1 Å². The standard InChI is InChI=1S/C15H16N2O6/c1-2-3-11-8-16(13(11)18)14(19)15(20)23-9-10-4-6-12(7-5-10)17(21)22/h2,4-7,11,14,19H,1,3,8-9H2. The largest absolute Gasteiger partial charge is 0.457 e. The number of rotatable bonds is 7. The third-order valence-electron chi connectivity index (χ3n) is 3.53. The minimum atomic E-state index is -1.64. The van der Waals surface area contributed by atoms with Gasteiger partial charge in [-0.2, -0.15) is 0 Å². The SMILES string of the molecule is C=CCC1CN(C(O)C(=O)OCc2ccc([N+](=O)[O-])cc2)C1=O. The number of hydrogen-bond acceptors (Lipinski definition) is 6. The molecular formula is C15H16N2O6. The number of ether oxygens (including phenoxy) is 1. The van der Waals surface area contributed by atoms with Crippen molar-refractivity contribution in [2.75, 3.05) is 6.54 Å². The maximum absolute atomic E-state index is 11.7. The van der Waals surface area contributed by atoms with Crippen LogP contribution < -0.4 is 0 Å². The van der Waals surface area contributed by atoms with E-state index in [1.807, 2.05) is 0 Å². The molecular weight excluding hydrogens is 304 g/mol. The van der Waals surface area contributed by atoms with Crippen LogP contribution >= 0.6 is 0 Å². The minimum absolute atomic E-state index is 0.0699. The summed E-state index contributed by atoms with van der Waals surface area (Å²) in [5, 5.41) is 20.3. The highest BCUT2D eigenvalue weighted by Crippen LogP contribution is 2.23. The molecule has 0 aromatic heterocycles. The molecule has 8 nitrogen and oxygen atoms in total. The zero-order valence-corrected chi connectivity index (χ0v) is 12.3. The molecule has 1 amide bonds. The Hall–Kier alpha value is -2.74. The zero-order chi connectivity index (χ0) is 17.0. The van der Waals surface area contributed by atoms with Crippen LogP contribution in [0.3, 0.4) is 0 Å². The fraction of sp³-hybridized carbons (Fsp3) is 0.333. The van der Waals surface area contributed by atoms with Gasteiger partial charge < -0.3 is 14.7 Å². The van der Waals surface area contributed by atoms with Crippen LogP contribution in [0.5, 0.6) is 0 Å². The molecule has 0 saturated carbocycles. The minimum Gasteiger partial charge on any atom is -0.457 e. The first-order valence-electron chi connectivity index (χ1n) is 6.93. The first kappa shape index (κ1) is 16.6. The molecule has 23 heavy (non-hydrogen) atoms. The van der Waals surface area contributed by atoms with E-state index in [-0.39, 0.29) is 30.7 Å². The number of likely N-dealkylation sites (tertiary alicyclic amines) is 1. The van der Waals surface area contributed by atoms with Crippen LogP contribution in [0.15, 0.2) is 36.9 Å². The number of esters is 1. The fourth-order valence-corrected chi connectivity index (χ4v) is 2.19. The van der Waals surface area contributed by atoms with Crippen LogP contribution in [0.1, 0.15) is 12.0 Å². The van der Waals surface area contributed by atoms with Crippen molar-refractivity contribution in [1.29, 1.82) is 0 Å². The van der Waals surface area contributed by atoms with Crippen molar-refractivity contribution >= 4 is 17.6 Å². The maximum atomic E-state index is 11.7. The molecule has 0 bridgehead atoms. The van der Waals surface area contributed by atoms with Gasteiger partial charge in [0.25, 0.3) is 5.69 Å². The molecule has 0 spiro atoms. The molecule has 1 aliphatic heterocycles. The molecule has 1 heterocycles. The van der Waals surface area contributed by atoms with E-state index >= 15 is 0 Å². The van der Waals surface area contributed by atoms with Crippen molar-refractivity contribution in [1.82, 2.24) is 4.90 Å². The van der Waals surface area contributed by atoms with Gasteiger partial charge in [-0.25, -0.2) is 4.79 Å². The number of nitro groups is 1. The fourth-order valence-electron chi connectivity index (χ4n) is 2.19. The van der Waals surface area contributed by atoms with Gasteiger partial charge in [0.1, 0.15) is 6.61 Å². The maximum Gasteiger partial charge on any atom is 0.356 e. The first-order valence-corrected chi connectivity index (χ1v) is 6.93. The van der Waals surface area contributed by atoms with Crippen LogP contribution in [-0.4, -0.2) is 39.6 Å². The van der Waals surface area contributed by atoms with E-state index in [0.717, 1.165) is 4.90 Å². The Kier molecular flexibility index (Phi) is 5.07. The predicted molar refractivity (Wildman–Crippen MR) is 78.9 cm³/mol. The van der Waals surface area contributed by atoms with E-state index in [2.05, 4.69) is 6.58 Å². The number of carbonyl (C=O) groups excluding carboxylic acids is 2. The highest BCUT2D eigenvalue weighted by atomic mass is 16.6. The second kappa shape index (κ2) is 7.01. The molecule has 1 N–H and O–H groups in total. The average Bonchev–Trinajstić information content (AvgIpc) is 2.55. The molecule has 2 atom stereocenters. The summed E-state index contributed by atoms with van der Waals surface area (Å²) in [4.78, 5) is 34.5. The number of aliphatic hydroxyl groups excluding tert-OH is 1. The zero-order valence-electron chi connectivity index (χ0n) is 12.3. The highest BCUT2D eigenvalue weighted by molar-refractivity contribution is 5.89. The van der Waals surface area contributed by atoms with Gasteiger partial charge in [-0.3, -0.25) is 14.9 Å². The Morgan fingerprint density at radius 2 is 2.17 bits per heavy atom. The number of aliphatic hydroxyl groups is 1. The Bertz CT molecular complexity index is 627. The summed E-state index contributed by atoms with van der Waals surface area (Å²) in [7, 11) is 0. The second-order valence-corrected chi connectivity index (χ2v) is 5.12. The highest BCUT2D eigenvalue weighted by Gasteiger charge is 2.42. The Labute approximate surface area is 132 Å². The molecule has 1 saturated heterocycles. The summed E-state index contributed by atoms with van der Waals surface area (Å²) in [5.74, 6) is -1.50. The summed E-state index contributed by atoms with van der Waals surface area (Å²) in [6.07, 6.45) is 0.473. The van der Waals surface area contributed by atoms with Gasteiger partial charge in [0.15, 0.2) is 0 Å². The summed E-state index contributed by atoms with van der Waals surface area (Å²) in [6.45, 7) is 3.66. The normalized spacial score (nSPS) is 18.0. The lowest BCUT2D eigenvalue weighted by Gasteiger charge is -2.39. The molecule has 8 heteroatoms. The van der Waals surface area contributed by atoms with E-state index in [9.17, 15) is 24.8 Å². The number of carbonyl (C=O) groups is 2. The van der Waals surface area contributed by atoms with E-state index in [4.69, 9.17) is 4.74 Å². The second-order valence-electron chi connectivity index (χ2n) is 5.12. The van der Waals surface area contributed by atoms with Gasteiger partial charge in [-0.1, -0.05) is 6.08 Å². The lowest BCUT2D eigenvalue weighted by Crippen LogP contribution is -2.59. The number of benzene rings is 1. The van der Waals surface area contributed by atoms with Gasteiger partial charge in [0, 0.05) is 18.7 Å². The number of β-lactam (4-membered cyclic amide) rings is 1. The molecule has 0 aliphatic carbocycles. The van der Waals surface area contributed by atoms with E-state index in [0.29, 0.717) is 12.0 Å². The van der Waals surface area contributed by atoms with Crippen LogP contribution in [0, 0.1) is 16.0 Å². The third-order valence-corrected chi connectivity index (χ3v) is 3.53. The lowest BCUT2D eigenvalue weighted by molar-refractivity contribution is -0.384. The summed E-state index contributed by atoms with van der Waals surface area (Å²) in [6, 6.07) is 5.48. The molecule has 1 aromatic rings. The summed E-state index contributed by atoms with van der Waals surface area (Å²) < 4.78 is 4.92. The number of non-ortho nitro benzene ring substituents is 1. The van der Waals surface area contributed by atoms with Crippen LogP contribution in [0.2, 0.25) is 0 Å². The summed E-state index contributed by atoms with van der Waals surface area (Å²) in [5.41, 5.74) is 0.468. The third kappa shape index (κ3) is 3.72. The molecule has 1 fully saturated rings. The van der Waals surface area contributed by atoms with Crippen molar-refractivity contribution < 1.29 is 24.4 Å². The van der Waals surface area contributed by atoms with Crippen molar-refractivity contribution in [3.8, 4) is 0 Å². The van der Waals surface area contributed by atoms with Gasteiger partial charge in [0.05, 0.1) is 10.8 Å². The molecule has 0 radical (unpaired) electrons. The molecule has 122 valence electrons. The monoisotopic (exact) mass is 320 g/mol. The van der Waals surface area contributed by atoms with Crippen LogP contribution in [0.25, 0.3) is 0 Å². The topological polar surface area (TPSA) is 110 Å². The Balaban J connectivity index is 1.84. The average molecular weight is 320 g/mol. The molecule has 1 aliphatic rings. The van der Waals surface area contributed by atoms with Crippen molar-refractivity contribution in [3.05, 3.63) is 52.6 Å². The number of nitro benzene ring substituents is 1. The van der Waals surface area contributed by atoms with Crippen molar-refractivity contribution in [2.45, 2.75) is 19.3 Å². The lowest BCUT2D eigenvalue weighted by atomic mass is 9.95. The Morgan fingerprint density at radius 1 is 1.52 bits per heavy atom. The molecule has 1 aromatic carbocycles. The summed E-state index contributed by atoms with van der Waals surface area (Å²) >= 11 is 0. The van der Waals surface area contributed by atoms with Crippen LogP contribution in [-0.2, 0) is 20.9 Å². The molecule has 2 rings (SSSR count). The Morgan fingerprint density at radius 3 is 2.70 bits per heavy atom. The van der Waals surface area contributed by atoms with Gasteiger partial charge in [-0.15, -0.1) is 6.58 Å². The van der Waals surface area contributed by atoms with Gasteiger partial charge in [-0.05, 0) is 24.1 Å².